The van der Waals surface area contributed by atoms with Gasteiger partial charge in [-0.1, -0.05) is 40.2 Å². The van der Waals surface area contributed by atoms with Crippen LogP contribution in [-0.2, 0) is 51.7 Å². The lowest BCUT2D eigenvalue weighted by Crippen LogP contribution is -2.60. The zero-order chi connectivity index (χ0) is 39.0. The van der Waals surface area contributed by atoms with Crippen molar-refractivity contribution in [1.29, 1.82) is 0 Å². The quantitative estimate of drug-likeness (QED) is 0.283. The number of carbonyl (C=O) groups excluding carboxylic acids is 6. The molecule has 5 amide bonds. The Morgan fingerprint density at radius 3 is 2.31 bits per heavy atom. The highest BCUT2D eigenvalue weighted by molar-refractivity contribution is 7.91. The molecule has 54 heavy (non-hydrogen) atoms. The zero-order valence-corrected chi connectivity index (χ0v) is 32.1. The number of hydrogen-bond acceptors (Lipinski definition) is 11. The second-order valence-corrected chi connectivity index (χ2v) is 18.1. The molecule has 0 radical (unpaired) electrons. The van der Waals surface area contributed by atoms with E-state index in [1.54, 1.807) is 39.0 Å². The molecule has 6 rings (SSSR count). The summed E-state index contributed by atoms with van der Waals surface area (Å²) in [6, 6.07) is 2.75. The van der Waals surface area contributed by atoms with Gasteiger partial charge in [-0.3, -0.25) is 24.0 Å². The number of hydrogen-bond donors (Lipinski definition) is 3. The maximum atomic E-state index is 14.4. The summed E-state index contributed by atoms with van der Waals surface area (Å²) in [7, 11) is -3.90. The Morgan fingerprint density at radius 1 is 0.981 bits per heavy atom. The molecule has 2 aliphatic carbocycles. The van der Waals surface area contributed by atoms with Crippen LogP contribution in [0.15, 0.2) is 18.2 Å². The average molecular weight is 774 g/mol. The van der Waals surface area contributed by atoms with Gasteiger partial charge in [-0.25, -0.2) is 22.8 Å². The molecule has 0 spiro atoms. The molecule has 5 aliphatic rings. The second kappa shape index (κ2) is 15.4. The summed E-state index contributed by atoms with van der Waals surface area (Å²) in [6.07, 6.45) is 1.68. The summed E-state index contributed by atoms with van der Waals surface area (Å²) in [6.45, 7) is 7.63. The molecule has 16 nitrogen and oxygen atoms in total. The van der Waals surface area contributed by atoms with Crippen molar-refractivity contribution in [3.8, 4) is 0 Å². The van der Waals surface area contributed by atoms with Gasteiger partial charge in [-0.15, -0.1) is 0 Å². The monoisotopic (exact) mass is 773 g/mol. The second-order valence-electron chi connectivity index (χ2n) is 16.2. The molecule has 1 saturated heterocycles. The molecule has 2 saturated carbocycles. The van der Waals surface area contributed by atoms with Crippen LogP contribution >= 0.6 is 0 Å². The fraction of sp³-hybridized carbons (Fsp3) is 0.676. The van der Waals surface area contributed by atoms with Crippen LogP contribution in [0, 0.1) is 11.3 Å². The highest BCUT2D eigenvalue weighted by atomic mass is 32.2. The summed E-state index contributed by atoms with van der Waals surface area (Å²) in [4.78, 5) is 84.1. The van der Waals surface area contributed by atoms with E-state index in [0.29, 0.717) is 44.1 Å². The number of fused-ring (bicyclic) bond motifs is 4. The smallest absolute Gasteiger partial charge is 0.410 e. The number of esters is 1. The van der Waals surface area contributed by atoms with Gasteiger partial charge in [0.1, 0.15) is 23.7 Å². The minimum Gasteiger partial charge on any atom is -0.462 e. The molecule has 3 heterocycles. The molecular formula is C37H51N5O11S. The molecular weight excluding hydrogens is 722 g/mol. The summed E-state index contributed by atoms with van der Waals surface area (Å²) < 4.78 is 44.3. The molecule has 1 unspecified atom stereocenters. The summed E-state index contributed by atoms with van der Waals surface area (Å²) in [5, 5.41) is 4.82. The molecule has 3 aliphatic heterocycles. The van der Waals surface area contributed by atoms with Crippen LogP contribution in [0.4, 0.5) is 9.59 Å². The first-order valence-electron chi connectivity index (χ1n) is 18.9. The Balaban J connectivity index is 1.25. The largest absolute Gasteiger partial charge is 0.462 e. The van der Waals surface area contributed by atoms with Crippen molar-refractivity contribution in [2.75, 3.05) is 19.8 Å². The fourth-order valence-electron chi connectivity index (χ4n) is 7.48. The number of cyclic esters (lactones) is 2. The molecule has 1 aromatic rings. The van der Waals surface area contributed by atoms with E-state index in [1.807, 2.05) is 6.92 Å². The first-order chi connectivity index (χ1) is 25.5. The first kappa shape index (κ1) is 39.3. The van der Waals surface area contributed by atoms with E-state index >= 15 is 0 Å². The lowest BCUT2D eigenvalue weighted by atomic mass is 9.85. The van der Waals surface area contributed by atoms with Gasteiger partial charge in [0.25, 0.3) is 5.91 Å². The van der Waals surface area contributed by atoms with Crippen molar-refractivity contribution in [3.05, 3.63) is 34.9 Å². The number of nitrogens with one attached hydrogen (secondary N) is 3. The molecule has 17 heteroatoms. The molecule has 0 aromatic heterocycles. The van der Waals surface area contributed by atoms with Gasteiger partial charge >= 0.3 is 18.2 Å². The number of ether oxygens (including phenoxy) is 3. The summed E-state index contributed by atoms with van der Waals surface area (Å²) in [5.41, 5.74) is -0.363. The fourth-order valence-corrected chi connectivity index (χ4v) is 8.85. The van der Waals surface area contributed by atoms with Crippen molar-refractivity contribution in [1.82, 2.24) is 25.2 Å². The van der Waals surface area contributed by atoms with Gasteiger partial charge in [-0.2, -0.15) is 0 Å². The van der Waals surface area contributed by atoms with Crippen LogP contribution in [0.25, 0.3) is 0 Å². The van der Waals surface area contributed by atoms with Gasteiger partial charge in [0.2, 0.25) is 21.8 Å². The Kier molecular flexibility index (Phi) is 11.2. The lowest BCUT2D eigenvalue weighted by molar-refractivity contribution is -0.143. The van der Waals surface area contributed by atoms with Crippen LogP contribution in [0.1, 0.15) is 107 Å². The van der Waals surface area contributed by atoms with Crippen LogP contribution in [0.3, 0.4) is 0 Å². The number of benzene rings is 1. The highest BCUT2D eigenvalue weighted by Crippen LogP contribution is 2.47. The standard InChI is InChI=1S/C37H51N5O11S/c1-5-25-18-37(25,33(46)40-54(49,50)27-12-13-27)39-30(43)28-17-26-21-42(28)31(44)29(36(2,3)4)38-34(47)52-15-9-7-6-8-14-51-32(45)22-10-11-23-19-41(35(48)53-26)20-24(23)16-22/h10-11,16,25-29H,5-9,12-15,17-21H2,1-4H3,(H,38,47)(H,39,43)(H,40,46)/t25-,26?,28-,29+,37-/m0/s1. The molecule has 3 N–H and O–H groups in total. The Labute approximate surface area is 315 Å². The molecule has 5 bridgehead atoms. The topological polar surface area (TPSA) is 207 Å². The number of rotatable bonds is 6. The van der Waals surface area contributed by atoms with Crippen molar-refractivity contribution < 1.29 is 51.4 Å². The molecule has 1 aromatic carbocycles. The maximum absolute atomic E-state index is 14.4. The van der Waals surface area contributed by atoms with Crippen molar-refractivity contribution >= 4 is 45.9 Å². The van der Waals surface area contributed by atoms with E-state index in [0.717, 1.165) is 17.5 Å². The third-order valence-electron chi connectivity index (χ3n) is 11.0. The highest BCUT2D eigenvalue weighted by Gasteiger charge is 2.62. The van der Waals surface area contributed by atoms with Gasteiger partial charge in [0.05, 0.1) is 30.6 Å². The Morgan fingerprint density at radius 2 is 1.67 bits per heavy atom. The minimum absolute atomic E-state index is 0.0915. The predicted octanol–water partition coefficient (Wildman–Crippen LogP) is 2.87. The van der Waals surface area contributed by atoms with Crippen LogP contribution in [-0.4, -0.2) is 103 Å². The van der Waals surface area contributed by atoms with Crippen LogP contribution in [0.2, 0.25) is 0 Å². The van der Waals surface area contributed by atoms with Gasteiger partial charge < -0.3 is 29.7 Å². The Hall–Kier alpha value is -4.41. The van der Waals surface area contributed by atoms with Gasteiger partial charge in [0, 0.05) is 19.5 Å². The van der Waals surface area contributed by atoms with Crippen molar-refractivity contribution in [2.45, 2.75) is 128 Å². The van der Waals surface area contributed by atoms with E-state index in [2.05, 4.69) is 15.4 Å². The van der Waals surface area contributed by atoms with E-state index in [9.17, 15) is 37.2 Å². The number of alkyl carbamates (subject to hydrolysis) is 1. The SMILES string of the molecule is CC[C@H]1C[C@@]1(NC(=O)[C@@H]1CC2CN1C(=O)[C@H](C(C)(C)C)NC(=O)OCCCCCCOC(=O)c1ccc3c(c1)CN(C3)C(=O)O2)C(=O)NS(=O)(=O)C1CC1. The van der Waals surface area contributed by atoms with E-state index in [1.165, 1.54) is 9.80 Å². The van der Waals surface area contributed by atoms with Crippen molar-refractivity contribution in [2.24, 2.45) is 11.3 Å². The summed E-state index contributed by atoms with van der Waals surface area (Å²) >= 11 is 0. The van der Waals surface area contributed by atoms with Crippen LogP contribution < -0.4 is 15.4 Å². The maximum Gasteiger partial charge on any atom is 0.410 e. The molecule has 296 valence electrons. The number of amides is 5. The molecule has 5 atom stereocenters. The lowest BCUT2D eigenvalue weighted by Gasteiger charge is -2.35. The van der Waals surface area contributed by atoms with E-state index in [4.69, 9.17) is 14.2 Å². The third kappa shape index (κ3) is 8.60. The van der Waals surface area contributed by atoms with Gasteiger partial charge in [0.15, 0.2) is 0 Å². The average Bonchev–Trinajstić information content (AvgIpc) is 4.01. The van der Waals surface area contributed by atoms with E-state index < -0.39 is 80.3 Å². The Bertz CT molecular complexity index is 1790. The predicted molar refractivity (Wildman–Crippen MR) is 192 cm³/mol. The normalized spacial score (nSPS) is 28.4. The van der Waals surface area contributed by atoms with Gasteiger partial charge in [-0.05, 0) is 79.5 Å². The third-order valence-corrected chi connectivity index (χ3v) is 12.8. The molecule has 3 fully saturated rings. The van der Waals surface area contributed by atoms with E-state index in [-0.39, 0.29) is 51.6 Å². The number of nitrogens with zero attached hydrogens (tertiary/aromatic N) is 2. The first-order valence-corrected chi connectivity index (χ1v) is 20.4. The van der Waals surface area contributed by atoms with Crippen LogP contribution in [0.5, 0.6) is 0 Å². The summed E-state index contributed by atoms with van der Waals surface area (Å²) in [5.74, 6) is -2.93. The van der Waals surface area contributed by atoms with Crippen molar-refractivity contribution in [3.63, 3.8) is 0 Å². The zero-order valence-electron chi connectivity index (χ0n) is 31.3. The number of sulfonamides is 1. The number of carbonyl (C=O) groups is 6. The minimum atomic E-state index is -3.90.